The number of esters is 1. The third kappa shape index (κ3) is 3.85. The van der Waals surface area contributed by atoms with Gasteiger partial charge in [-0.2, -0.15) is 0 Å². The molecule has 19 heavy (non-hydrogen) atoms. The quantitative estimate of drug-likeness (QED) is 0.603. The van der Waals surface area contributed by atoms with Gasteiger partial charge in [0, 0.05) is 18.6 Å². The number of halogens is 2. The van der Waals surface area contributed by atoms with E-state index in [1.54, 1.807) is 0 Å². The standard InChI is InChI=1S/C10H14F2N4O2S/c1-18-8(17)5-16-9(13-14-15-16)19-6-7-2-3-10(11,12)4-7/h7H,2-6H2,1H3. The summed E-state index contributed by atoms with van der Waals surface area (Å²) in [4.78, 5) is 11.1. The van der Waals surface area contributed by atoms with Crippen LogP contribution < -0.4 is 0 Å². The van der Waals surface area contributed by atoms with E-state index in [9.17, 15) is 13.6 Å². The van der Waals surface area contributed by atoms with E-state index >= 15 is 0 Å². The van der Waals surface area contributed by atoms with Gasteiger partial charge in [-0.25, -0.2) is 13.5 Å². The normalized spacial score (nSPS) is 21.5. The molecule has 0 bridgehead atoms. The Morgan fingerprint density at radius 3 is 3.05 bits per heavy atom. The highest BCUT2D eigenvalue weighted by atomic mass is 32.2. The minimum atomic E-state index is -2.54. The predicted octanol–water partition coefficient (Wildman–Crippen LogP) is 1.37. The number of hydrogen-bond acceptors (Lipinski definition) is 6. The van der Waals surface area contributed by atoms with Crippen molar-refractivity contribution in [1.29, 1.82) is 0 Å². The average Bonchev–Trinajstić information content (AvgIpc) is 2.93. The maximum atomic E-state index is 13.0. The van der Waals surface area contributed by atoms with Crippen LogP contribution in [0.1, 0.15) is 19.3 Å². The molecule has 106 valence electrons. The molecule has 0 saturated heterocycles. The second-order valence-corrected chi connectivity index (χ2v) is 5.46. The number of tetrazole rings is 1. The Morgan fingerprint density at radius 1 is 1.63 bits per heavy atom. The van der Waals surface area contributed by atoms with E-state index in [1.807, 2.05) is 0 Å². The topological polar surface area (TPSA) is 69.9 Å². The van der Waals surface area contributed by atoms with E-state index in [0.29, 0.717) is 17.3 Å². The molecule has 9 heteroatoms. The maximum Gasteiger partial charge on any atom is 0.327 e. The highest BCUT2D eigenvalue weighted by molar-refractivity contribution is 7.99. The van der Waals surface area contributed by atoms with Crippen LogP contribution >= 0.6 is 11.8 Å². The summed E-state index contributed by atoms with van der Waals surface area (Å²) in [7, 11) is 1.28. The van der Waals surface area contributed by atoms with Crippen LogP contribution in [0.2, 0.25) is 0 Å². The largest absolute Gasteiger partial charge is 0.468 e. The number of nitrogens with zero attached hydrogens (tertiary/aromatic N) is 4. The fraction of sp³-hybridized carbons (Fsp3) is 0.800. The molecule has 2 rings (SSSR count). The number of methoxy groups -OCH3 is 1. The number of rotatable bonds is 5. The van der Waals surface area contributed by atoms with Gasteiger partial charge in [-0.15, -0.1) is 5.10 Å². The number of ether oxygens (including phenoxy) is 1. The number of hydrogen-bond donors (Lipinski definition) is 0. The summed E-state index contributed by atoms with van der Waals surface area (Å²) in [6.07, 6.45) is 0.377. The van der Waals surface area contributed by atoms with Gasteiger partial charge < -0.3 is 4.74 Å². The summed E-state index contributed by atoms with van der Waals surface area (Å²) >= 11 is 1.29. The molecule has 1 aliphatic carbocycles. The van der Waals surface area contributed by atoms with Gasteiger partial charge in [0.15, 0.2) is 0 Å². The van der Waals surface area contributed by atoms with Crippen molar-refractivity contribution in [3.63, 3.8) is 0 Å². The van der Waals surface area contributed by atoms with Crippen LogP contribution in [0.5, 0.6) is 0 Å². The molecule has 1 unspecified atom stereocenters. The highest BCUT2D eigenvalue weighted by Gasteiger charge is 2.39. The first-order valence-corrected chi connectivity index (χ1v) is 6.82. The van der Waals surface area contributed by atoms with Gasteiger partial charge >= 0.3 is 5.97 Å². The van der Waals surface area contributed by atoms with E-state index < -0.39 is 11.9 Å². The molecule has 0 spiro atoms. The Hall–Kier alpha value is -1.25. The summed E-state index contributed by atoms with van der Waals surface area (Å²) in [5.74, 6) is -2.51. The van der Waals surface area contributed by atoms with Crippen LogP contribution in [0.4, 0.5) is 8.78 Å². The Kier molecular flexibility index (Phi) is 4.33. The number of aromatic nitrogens is 4. The Balaban J connectivity index is 1.86. The SMILES string of the molecule is COC(=O)Cn1nnnc1SCC1CCC(F)(F)C1. The molecule has 0 aromatic carbocycles. The summed E-state index contributed by atoms with van der Waals surface area (Å²) in [5.41, 5.74) is 0. The second-order valence-electron chi connectivity index (χ2n) is 4.47. The summed E-state index contributed by atoms with van der Waals surface area (Å²) in [6, 6.07) is 0. The van der Waals surface area contributed by atoms with Crippen molar-refractivity contribution in [2.45, 2.75) is 36.9 Å². The molecular formula is C10H14F2N4O2S. The summed E-state index contributed by atoms with van der Waals surface area (Å²) < 4.78 is 31.9. The van der Waals surface area contributed by atoms with Crippen LogP contribution in [0.25, 0.3) is 0 Å². The molecule has 0 N–H and O–H groups in total. The molecule has 1 aromatic rings. The first kappa shape index (κ1) is 14.2. The van der Waals surface area contributed by atoms with E-state index in [4.69, 9.17) is 0 Å². The molecule has 1 saturated carbocycles. The molecule has 0 radical (unpaired) electrons. The second kappa shape index (κ2) is 5.81. The van der Waals surface area contributed by atoms with Gasteiger partial charge in [-0.3, -0.25) is 4.79 Å². The lowest BCUT2D eigenvalue weighted by Crippen LogP contribution is -2.14. The van der Waals surface area contributed by atoms with Crippen molar-refractivity contribution < 1.29 is 18.3 Å². The van der Waals surface area contributed by atoms with Crippen molar-refractivity contribution in [2.24, 2.45) is 5.92 Å². The smallest absolute Gasteiger partial charge is 0.327 e. The van der Waals surface area contributed by atoms with Gasteiger partial charge in [0.05, 0.1) is 7.11 Å². The maximum absolute atomic E-state index is 13.0. The van der Waals surface area contributed by atoms with Gasteiger partial charge in [-0.05, 0) is 22.8 Å². The monoisotopic (exact) mass is 292 g/mol. The van der Waals surface area contributed by atoms with Crippen molar-refractivity contribution in [3.8, 4) is 0 Å². The lowest BCUT2D eigenvalue weighted by molar-refractivity contribution is -0.141. The minimum absolute atomic E-state index is 0.0386. The van der Waals surface area contributed by atoms with Crippen LogP contribution in [-0.4, -0.2) is 45.0 Å². The molecule has 1 aromatic heterocycles. The number of alkyl halides is 2. The molecule has 1 atom stereocenters. The van der Waals surface area contributed by atoms with E-state index in [0.717, 1.165) is 0 Å². The zero-order valence-corrected chi connectivity index (χ0v) is 11.2. The van der Waals surface area contributed by atoms with Gasteiger partial charge in [-0.1, -0.05) is 11.8 Å². The zero-order chi connectivity index (χ0) is 13.9. The highest BCUT2D eigenvalue weighted by Crippen LogP contribution is 2.40. The Bertz CT molecular complexity index is 454. The van der Waals surface area contributed by atoms with Crippen molar-refractivity contribution in [1.82, 2.24) is 20.2 Å². The summed E-state index contributed by atoms with van der Waals surface area (Å²) in [5, 5.41) is 11.3. The fourth-order valence-electron chi connectivity index (χ4n) is 1.96. The minimum Gasteiger partial charge on any atom is -0.468 e. The molecule has 1 fully saturated rings. The molecule has 6 nitrogen and oxygen atoms in total. The van der Waals surface area contributed by atoms with Crippen molar-refractivity contribution in [2.75, 3.05) is 12.9 Å². The third-order valence-corrected chi connectivity index (χ3v) is 4.15. The van der Waals surface area contributed by atoms with Crippen LogP contribution in [0.15, 0.2) is 5.16 Å². The fourth-order valence-corrected chi connectivity index (χ4v) is 2.98. The molecule has 1 aliphatic rings. The first-order valence-electron chi connectivity index (χ1n) is 5.84. The van der Waals surface area contributed by atoms with E-state index in [1.165, 1.54) is 23.6 Å². The zero-order valence-electron chi connectivity index (χ0n) is 10.4. The van der Waals surface area contributed by atoms with Gasteiger partial charge in [0.25, 0.3) is 0 Å². The predicted molar refractivity (Wildman–Crippen MR) is 62.8 cm³/mol. The number of carbonyl (C=O) groups excluding carboxylic acids is 1. The Morgan fingerprint density at radius 2 is 2.42 bits per heavy atom. The molecule has 1 heterocycles. The van der Waals surface area contributed by atoms with Crippen LogP contribution in [0, 0.1) is 5.92 Å². The number of carbonyl (C=O) groups is 1. The lowest BCUT2D eigenvalue weighted by atomic mass is 10.1. The van der Waals surface area contributed by atoms with Gasteiger partial charge in [0.2, 0.25) is 11.1 Å². The molecule has 0 amide bonds. The summed E-state index contributed by atoms with van der Waals surface area (Å²) in [6.45, 7) is -0.0767. The first-order chi connectivity index (χ1) is 9.00. The molecular weight excluding hydrogens is 278 g/mol. The van der Waals surface area contributed by atoms with Crippen molar-refractivity contribution in [3.05, 3.63) is 0 Å². The average molecular weight is 292 g/mol. The third-order valence-electron chi connectivity index (χ3n) is 2.96. The van der Waals surface area contributed by atoms with Crippen molar-refractivity contribution >= 4 is 17.7 Å². The van der Waals surface area contributed by atoms with Crippen LogP contribution in [0.3, 0.4) is 0 Å². The molecule has 0 aliphatic heterocycles. The van der Waals surface area contributed by atoms with E-state index in [-0.39, 0.29) is 25.3 Å². The van der Waals surface area contributed by atoms with E-state index in [2.05, 4.69) is 20.3 Å². The number of thioether (sulfide) groups is 1. The van der Waals surface area contributed by atoms with Gasteiger partial charge in [0.1, 0.15) is 6.54 Å². The van der Waals surface area contributed by atoms with Crippen LogP contribution in [-0.2, 0) is 16.1 Å². The Labute approximate surface area is 112 Å². The lowest BCUT2D eigenvalue weighted by Gasteiger charge is -2.09.